The molecule has 24 heavy (non-hydrogen) atoms. The van der Waals surface area contributed by atoms with Crippen LogP contribution in [-0.2, 0) is 6.42 Å². The van der Waals surface area contributed by atoms with Gasteiger partial charge in [0.05, 0.1) is 12.7 Å². The van der Waals surface area contributed by atoms with Crippen LogP contribution in [0.1, 0.15) is 48.5 Å². The summed E-state index contributed by atoms with van der Waals surface area (Å²) in [7, 11) is 3.85. The van der Waals surface area contributed by atoms with Crippen LogP contribution < -0.4 is 14.8 Å². The SMILES string of the molecule is COc1cc2c(c(C(=O)NC3C[C@H]4CC[C@@H](C3)N4C)c1)OC(C)C2. The topological polar surface area (TPSA) is 50.8 Å². The Bertz CT molecular complexity index is 646. The maximum absolute atomic E-state index is 12.9. The lowest BCUT2D eigenvalue weighted by atomic mass is 9.97. The van der Waals surface area contributed by atoms with Crippen molar-refractivity contribution in [2.45, 2.75) is 63.3 Å². The lowest BCUT2D eigenvalue weighted by Gasteiger charge is -2.36. The molecule has 2 fully saturated rings. The number of fused-ring (bicyclic) bond motifs is 3. The Morgan fingerprint density at radius 1 is 1.29 bits per heavy atom. The highest BCUT2D eigenvalue weighted by Crippen LogP contribution is 2.37. The summed E-state index contributed by atoms with van der Waals surface area (Å²) in [5.41, 5.74) is 1.68. The molecule has 3 aliphatic heterocycles. The Balaban J connectivity index is 1.54. The average molecular weight is 330 g/mol. The maximum atomic E-state index is 12.9. The standard InChI is InChI=1S/C19H26N2O3/c1-11-6-12-7-16(23-3)10-17(18(12)24-11)19(22)20-13-8-14-4-5-15(9-13)21(14)2/h7,10-11,13-15H,4-6,8-9H2,1-3H3,(H,20,22)/t11?,13?,14-,15+. The monoisotopic (exact) mass is 330 g/mol. The molecule has 0 saturated carbocycles. The number of hydrogen-bond donors (Lipinski definition) is 1. The van der Waals surface area contributed by atoms with Gasteiger partial charge in [-0.15, -0.1) is 0 Å². The van der Waals surface area contributed by atoms with Crippen molar-refractivity contribution in [1.29, 1.82) is 0 Å². The molecule has 1 aromatic rings. The van der Waals surface area contributed by atoms with E-state index in [1.54, 1.807) is 13.2 Å². The second-order valence-corrected chi connectivity index (χ2v) is 7.49. The number of ether oxygens (including phenoxy) is 2. The zero-order valence-corrected chi connectivity index (χ0v) is 14.7. The Hall–Kier alpha value is -1.75. The van der Waals surface area contributed by atoms with Crippen molar-refractivity contribution in [2.75, 3.05) is 14.2 Å². The fourth-order valence-corrected chi connectivity index (χ4v) is 4.58. The third kappa shape index (κ3) is 2.65. The number of methoxy groups -OCH3 is 1. The second-order valence-electron chi connectivity index (χ2n) is 7.49. The number of amides is 1. The third-order valence-electron chi connectivity index (χ3n) is 5.88. The summed E-state index contributed by atoms with van der Waals surface area (Å²) < 4.78 is 11.3. The number of benzene rings is 1. The van der Waals surface area contributed by atoms with E-state index in [1.165, 1.54) is 12.8 Å². The minimum atomic E-state index is -0.0341. The van der Waals surface area contributed by atoms with Gasteiger partial charge in [0.1, 0.15) is 17.6 Å². The van der Waals surface area contributed by atoms with Crippen LogP contribution in [0.4, 0.5) is 0 Å². The molecule has 5 nitrogen and oxygen atoms in total. The first kappa shape index (κ1) is 15.8. The van der Waals surface area contributed by atoms with E-state index in [-0.39, 0.29) is 18.1 Å². The Kier molecular flexibility index (Phi) is 3.91. The van der Waals surface area contributed by atoms with Gasteiger partial charge in [-0.2, -0.15) is 0 Å². The molecule has 5 heteroatoms. The first-order valence-corrected chi connectivity index (χ1v) is 8.95. The molecule has 4 atom stereocenters. The minimum Gasteiger partial charge on any atom is -0.497 e. The second kappa shape index (κ2) is 5.96. The molecule has 2 bridgehead atoms. The van der Waals surface area contributed by atoms with Crippen molar-refractivity contribution >= 4 is 5.91 Å². The van der Waals surface area contributed by atoms with Crippen LogP contribution in [-0.4, -0.2) is 49.2 Å². The summed E-state index contributed by atoms with van der Waals surface area (Å²) >= 11 is 0. The van der Waals surface area contributed by atoms with E-state index in [2.05, 4.69) is 17.3 Å². The molecule has 0 aliphatic carbocycles. The smallest absolute Gasteiger partial charge is 0.255 e. The average Bonchev–Trinajstić information content (AvgIpc) is 3.00. The molecule has 1 amide bonds. The summed E-state index contributed by atoms with van der Waals surface area (Å²) in [6, 6.07) is 5.26. The minimum absolute atomic E-state index is 0.0341. The molecule has 2 saturated heterocycles. The van der Waals surface area contributed by atoms with Gasteiger partial charge in [-0.1, -0.05) is 0 Å². The molecule has 3 heterocycles. The van der Waals surface area contributed by atoms with E-state index in [0.29, 0.717) is 17.6 Å². The number of rotatable bonds is 3. The molecule has 1 N–H and O–H groups in total. The summed E-state index contributed by atoms with van der Waals surface area (Å²) in [5.74, 6) is 1.42. The van der Waals surface area contributed by atoms with Crippen molar-refractivity contribution in [2.24, 2.45) is 0 Å². The van der Waals surface area contributed by atoms with Crippen LogP contribution >= 0.6 is 0 Å². The predicted octanol–water partition coefficient (Wildman–Crippen LogP) is 2.37. The number of nitrogens with one attached hydrogen (secondary N) is 1. The van der Waals surface area contributed by atoms with Crippen LogP contribution in [0.5, 0.6) is 11.5 Å². The zero-order chi connectivity index (χ0) is 16.8. The fourth-order valence-electron chi connectivity index (χ4n) is 4.58. The molecule has 3 aliphatic rings. The molecule has 4 rings (SSSR count). The number of hydrogen-bond acceptors (Lipinski definition) is 4. The van der Waals surface area contributed by atoms with Crippen LogP contribution in [0.3, 0.4) is 0 Å². The fraction of sp³-hybridized carbons (Fsp3) is 0.632. The van der Waals surface area contributed by atoms with Crippen molar-refractivity contribution in [3.05, 3.63) is 23.3 Å². The van der Waals surface area contributed by atoms with E-state index in [9.17, 15) is 4.79 Å². The zero-order valence-electron chi connectivity index (χ0n) is 14.7. The largest absolute Gasteiger partial charge is 0.497 e. The highest BCUT2D eigenvalue weighted by atomic mass is 16.5. The van der Waals surface area contributed by atoms with E-state index in [0.717, 1.165) is 36.3 Å². The van der Waals surface area contributed by atoms with Crippen LogP contribution in [0.2, 0.25) is 0 Å². The molecule has 130 valence electrons. The Morgan fingerprint density at radius 3 is 2.67 bits per heavy atom. The van der Waals surface area contributed by atoms with Crippen molar-refractivity contribution in [1.82, 2.24) is 10.2 Å². The van der Waals surface area contributed by atoms with Gasteiger partial charge in [-0.25, -0.2) is 0 Å². The Labute approximate surface area is 143 Å². The number of carbonyl (C=O) groups excluding carboxylic acids is 1. The molecular weight excluding hydrogens is 304 g/mol. The van der Waals surface area contributed by atoms with Crippen LogP contribution in [0, 0.1) is 0 Å². The van der Waals surface area contributed by atoms with Crippen molar-refractivity contribution in [3.8, 4) is 11.5 Å². The third-order valence-corrected chi connectivity index (χ3v) is 5.88. The first-order valence-electron chi connectivity index (χ1n) is 8.95. The highest BCUT2D eigenvalue weighted by molar-refractivity contribution is 5.98. The highest BCUT2D eigenvalue weighted by Gasteiger charge is 2.39. The Morgan fingerprint density at radius 2 is 2.00 bits per heavy atom. The lowest BCUT2D eigenvalue weighted by molar-refractivity contribution is 0.0878. The van der Waals surface area contributed by atoms with Gasteiger partial charge in [0.2, 0.25) is 0 Å². The molecule has 0 aromatic heterocycles. The van der Waals surface area contributed by atoms with E-state index < -0.39 is 0 Å². The number of piperidine rings is 1. The van der Waals surface area contributed by atoms with Gasteiger partial charge in [-0.05, 0) is 51.8 Å². The van der Waals surface area contributed by atoms with Gasteiger partial charge in [0, 0.05) is 30.1 Å². The number of nitrogens with zero attached hydrogens (tertiary/aromatic N) is 1. The molecule has 1 aromatic carbocycles. The number of carbonyl (C=O) groups is 1. The molecule has 0 spiro atoms. The molecule has 2 unspecified atom stereocenters. The van der Waals surface area contributed by atoms with E-state index >= 15 is 0 Å². The maximum Gasteiger partial charge on any atom is 0.255 e. The summed E-state index contributed by atoms with van der Waals surface area (Å²) in [4.78, 5) is 15.4. The van der Waals surface area contributed by atoms with Gasteiger partial charge < -0.3 is 19.7 Å². The lowest BCUT2D eigenvalue weighted by Crippen LogP contribution is -2.48. The predicted molar refractivity (Wildman–Crippen MR) is 91.8 cm³/mol. The summed E-state index contributed by atoms with van der Waals surface area (Å²) in [6.07, 6.45) is 5.53. The van der Waals surface area contributed by atoms with Crippen molar-refractivity contribution in [3.63, 3.8) is 0 Å². The van der Waals surface area contributed by atoms with Crippen LogP contribution in [0.25, 0.3) is 0 Å². The van der Waals surface area contributed by atoms with Gasteiger partial charge in [-0.3, -0.25) is 4.79 Å². The van der Waals surface area contributed by atoms with Gasteiger partial charge in [0.15, 0.2) is 0 Å². The summed E-state index contributed by atoms with van der Waals surface area (Å²) in [6.45, 7) is 2.03. The van der Waals surface area contributed by atoms with E-state index in [4.69, 9.17) is 9.47 Å². The normalized spacial score (nSPS) is 31.5. The molecule has 0 radical (unpaired) electrons. The van der Waals surface area contributed by atoms with Crippen molar-refractivity contribution < 1.29 is 14.3 Å². The first-order chi connectivity index (χ1) is 11.5. The summed E-state index contributed by atoms with van der Waals surface area (Å²) in [5, 5.41) is 3.25. The quantitative estimate of drug-likeness (QED) is 0.924. The van der Waals surface area contributed by atoms with Gasteiger partial charge >= 0.3 is 0 Å². The molecular formula is C19H26N2O3. The van der Waals surface area contributed by atoms with E-state index in [1.807, 2.05) is 13.0 Å². The van der Waals surface area contributed by atoms with Gasteiger partial charge in [0.25, 0.3) is 5.91 Å². The van der Waals surface area contributed by atoms with Crippen LogP contribution in [0.15, 0.2) is 12.1 Å².